The molecule has 0 bridgehead atoms. The van der Waals surface area contributed by atoms with Crippen LogP contribution in [-0.4, -0.2) is 15.9 Å². The first kappa shape index (κ1) is 17.2. The smallest absolute Gasteiger partial charge is 0.211 e. The number of thiazole rings is 1. The van der Waals surface area contributed by atoms with Crippen LogP contribution in [-0.2, 0) is 6.54 Å². The Balaban J connectivity index is 1.79. The van der Waals surface area contributed by atoms with Gasteiger partial charge in [0.25, 0.3) is 0 Å². The number of hydrogen-bond acceptors (Lipinski definition) is 4. The number of aromatic nitrogens is 1. The van der Waals surface area contributed by atoms with Gasteiger partial charge in [-0.2, -0.15) is 5.10 Å². The largest absolute Gasteiger partial charge is 0.507 e. The minimum atomic E-state index is 0.195. The topological polar surface area (TPSA) is 49.9 Å². The molecule has 3 aromatic carbocycles. The predicted octanol–water partition coefficient (Wildman–Crippen LogP) is 4.70. The first-order chi connectivity index (χ1) is 13.2. The van der Waals surface area contributed by atoms with Crippen LogP contribution in [0.5, 0.6) is 5.75 Å². The molecule has 134 valence electrons. The molecule has 0 aliphatic carbocycles. The van der Waals surface area contributed by atoms with Gasteiger partial charge < -0.3 is 9.67 Å². The molecule has 1 heterocycles. The lowest BCUT2D eigenvalue weighted by Gasteiger charge is -2.05. The first-order valence-corrected chi connectivity index (χ1v) is 9.51. The number of phenolic OH excluding ortho intramolecular Hbond substituents is 1. The van der Waals surface area contributed by atoms with Crippen molar-refractivity contribution in [2.24, 2.45) is 10.2 Å². The number of phenols is 1. The van der Waals surface area contributed by atoms with Crippen LogP contribution in [0.1, 0.15) is 16.7 Å². The van der Waals surface area contributed by atoms with Crippen LogP contribution in [0.4, 0.5) is 0 Å². The van der Waals surface area contributed by atoms with E-state index in [-0.39, 0.29) is 5.75 Å². The quantitative estimate of drug-likeness (QED) is 0.409. The number of hydrogen-bond donors (Lipinski definition) is 1. The van der Waals surface area contributed by atoms with Gasteiger partial charge in [-0.1, -0.05) is 59.9 Å². The molecule has 0 saturated heterocycles. The maximum Gasteiger partial charge on any atom is 0.211 e. The zero-order chi connectivity index (χ0) is 18.6. The van der Waals surface area contributed by atoms with Crippen molar-refractivity contribution in [3.63, 3.8) is 0 Å². The normalized spacial score (nSPS) is 12.3. The molecule has 0 fully saturated rings. The Kier molecular flexibility index (Phi) is 4.85. The molecule has 27 heavy (non-hydrogen) atoms. The zero-order valence-corrected chi connectivity index (χ0v) is 15.7. The van der Waals surface area contributed by atoms with Gasteiger partial charge in [-0.15, -0.1) is 5.10 Å². The van der Waals surface area contributed by atoms with E-state index in [9.17, 15) is 5.11 Å². The Morgan fingerprint density at radius 1 is 1.00 bits per heavy atom. The van der Waals surface area contributed by atoms with E-state index in [4.69, 9.17) is 0 Å². The number of aromatic hydroxyl groups is 1. The maximum absolute atomic E-state index is 9.87. The molecule has 0 atom stereocenters. The molecule has 0 unspecified atom stereocenters. The Bertz CT molecular complexity index is 1170. The summed E-state index contributed by atoms with van der Waals surface area (Å²) >= 11 is 1.62. The van der Waals surface area contributed by atoms with Crippen LogP contribution in [0.2, 0.25) is 0 Å². The SMILES string of the molecule is Cc1ccc2c(c1)s/c(=N/N=C/c1ccccc1O)n2Cc1ccccc1. The Morgan fingerprint density at radius 3 is 2.59 bits per heavy atom. The molecule has 4 aromatic rings. The third kappa shape index (κ3) is 3.83. The van der Waals surface area contributed by atoms with Gasteiger partial charge in [0.2, 0.25) is 4.80 Å². The van der Waals surface area contributed by atoms with Crippen LogP contribution in [0.25, 0.3) is 10.2 Å². The van der Waals surface area contributed by atoms with E-state index in [1.165, 1.54) is 15.8 Å². The second-order valence-electron chi connectivity index (χ2n) is 6.33. The van der Waals surface area contributed by atoms with E-state index < -0.39 is 0 Å². The molecule has 0 amide bonds. The minimum Gasteiger partial charge on any atom is -0.507 e. The summed E-state index contributed by atoms with van der Waals surface area (Å²) < 4.78 is 3.36. The summed E-state index contributed by atoms with van der Waals surface area (Å²) in [6.45, 7) is 2.82. The highest BCUT2D eigenvalue weighted by Gasteiger charge is 2.07. The second-order valence-corrected chi connectivity index (χ2v) is 7.34. The van der Waals surface area contributed by atoms with Crippen molar-refractivity contribution in [1.29, 1.82) is 0 Å². The molecule has 1 aromatic heterocycles. The highest BCUT2D eigenvalue weighted by molar-refractivity contribution is 7.16. The Morgan fingerprint density at radius 2 is 1.78 bits per heavy atom. The van der Waals surface area contributed by atoms with Gasteiger partial charge in [0.1, 0.15) is 5.75 Å². The van der Waals surface area contributed by atoms with E-state index in [1.54, 1.807) is 35.8 Å². The molecule has 0 saturated carbocycles. The van der Waals surface area contributed by atoms with Crippen molar-refractivity contribution in [1.82, 2.24) is 4.57 Å². The molecule has 0 aliphatic heterocycles. The van der Waals surface area contributed by atoms with E-state index >= 15 is 0 Å². The average molecular weight is 373 g/mol. The number of benzene rings is 3. The number of nitrogens with zero attached hydrogens (tertiary/aromatic N) is 3. The fourth-order valence-electron chi connectivity index (χ4n) is 2.91. The van der Waals surface area contributed by atoms with Gasteiger partial charge >= 0.3 is 0 Å². The molecule has 4 rings (SSSR count). The molecular weight excluding hydrogens is 354 g/mol. The van der Waals surface area contributed by atoms with E-state index in [1.807, 2.05) is 24.3 Å². The third-order valence-corrected chi connectivity index (χ3v) is 5.33. The zero-order valence-electron chi connectivity index (χ0n) is 14.9. The summed E-state index contributed by atoms with van der Waals surface area (Å²) in [5.74, 6) is 0.195. The molecule has 5 heteroatoms. The molecule has 4 nitrogen and oxygen atoms in total. The summed E-state index contributed by atoms with van der Waals surface area (Å²) in [6, 6.07) is 23.8. The lowest BCUT2D eigenvalue weighted by Crippen LogP contribution is -2.15. The van der Waals surface area contributed by atoms with E-state index in [0.717, 1.165) is 16.9 Å². The number of rotatable bonds is 4. The predicted molar refractivity (Wildman–Crippen MR) is 111 cm³/mol. The number of para-hydroxylation sites is 1. The third-order valence-electron chi connectivity index (χ3n) is 4.30. The maximum atomic E-state index is 9.87. The van der Waals surface area contributed by atoms with E-state index in [2.05, 4.69) is 52.0 Å². The van der Waals surface area contributed by atoms with Crippen LogP contribution in [0.3, 0.4) is 0 Å². The van der Waals surface area contributed by atoms with Gasteiger partial charge in [-0.3, -0.25) is 0 Å². The monoisotopic (exact) mass is 373 g/mol. The summed E-state index contributed by atoms with van der Waals surface area (Å²) in [5, 5.41) is 18.5. The number of fused-ring (bicyclic) bond motifs is 1. The number of aryl methyl sites for hydroxylation is 1. The van der Waals surface area contributed by atoms with Crippen LogP contribution in [0.15, 0.2) is 83.0 Å². The van der Waals surface area contributed by atoms with Crippen molar-refractivity contribution in [3.05, 3.63) is 94.3 Å². The molecule has 0 spiro atoms. The highest BCUT2D eigenvalue weighted by atomic mass is 32.1. The summed E-state index contributed by atoms with van der Waals surface area (Å²) in [6.07, 6.45) is 1.58. The molecule has 0 radical (unpaired) electrons. The lowest BCUT2D eigenvalue weighted by molar-refractivity contribution is 0.474. The van der Waals surface area contributed by atoms with Crippen molar-refractivity contribution >= 4 is 27.8 Å². The summed E-state index contributed by atoms with van der Waals surface area (Å²) in [7, 11) is 0. The fourth-order valence-corrected chi connectivity index (χ4v) is 4.00. The fraction of sp³-hybridized carbons (Fsp3) is 0.0909. The van der Waals surface area contributed by atoms with Gasteiger partial charge in [-0.25, -0.2) is 0 Å². The average Bonchev–Trinajstić information content (AvgIpc) is 3.00. The first-order valence-electron chi connectivity index (χ1n) is 8.70. The molecule has 1 N–H and O–H groups in total. The second kappa shape index (κ2) is 7.60. The summed E-state index contributed by atoms with van der Waals surface area (Å²) in [4.78, 5) is 0.825. The van der Waals surface area contributed by atoms with Gasteiger partial charge in [0.05, 0.1) is 23.0 Å². The molecule has 0 aliphatic rings. The van der Waals surface area contributed by atoms with Crippen molar-refractivity contribution in [3.8, 4) is 5.75 Å². The highest BCUT2D eigenvalue weighted by Crippen LogP contribution is 2.20. The Labute approximate surface area is 161 Å². The van der Waals surface area contributed by atoms with Crippen LogP contribution in [0, 0.1) is 6.92 Å². The van der Waals surface area contributed by atoms with Gasteiger partial charge in [0.15, 0.2) is 0 Å². The Hall–Kier alpha value is -3.18. The summed E-state index contributed by atoms with van der Waals surface area (Å²) in [5.41, 5.74) is 4.22. The van der Waals surface area contributed by atoms with Crippen LogP contribution >= 0.6 is 11.3 Å². The standard InChI is InChI=1S/C22H19N3OS/c1-16-11-12-19-21(13-16)27-22(25(19)15-17-7-3-2-4-8-17)24-23-14-18-9-5-6-10-20(18)26/h2-14,26H,15H2,1H3/b23-14+,24-22+. The van der Waals surface area contributed by atoms with E-state index in [0.29, 0.717) is 5.56 Å². The van der Waals surface area contributed by atoms with Crippen molar-refractivity contribution in [2.75, 3.05) is 0 Å². The van der Waals surface area contributed by atoms with Gasteiger partial charge in [-0.05, 0) is 42.3 Å². The minimum absolute atomic E-state index is 0.195. The van der Waals surface area contributed by atoms with Gasteiger partial charge in [0, 0.05) is 5.56 Å². The van der Waals surface area contributed by atoms with Crippen molar-refractivity contribution in [2.45, 2.75) is 13.5 Å². The lowest BCUT2D eigenvalue weighted by atomic mass is 10.2. The van der Waals surface area contributed by atoms with Crippen molar-refractivity contribution < 1.29 is 5.11 Å². The molecular formula is C22H19N3OS. The van der Waals surface area contributed by atoms with Crippen LogP contribution < -0.4 is 4.80 Å².